The van der Waals surface area contributed by atoms with Crippen molar-refractivity contribution in [2.75, 3.05) is 13.2 Å². The summed E-state index contributed by atoms with van der Waals surface area (Å²) in [5.74, 6) is 0. The lowest BCUT2D eigenvalue weighted by atomic mass is 10.2. The molecule has 0 atom stereocenters. The Morgan fingerprint density at radius 1 is 1.27 bits per heavy atom. The molecule has 2 aromatic rings. The average Bonchev–Trinajstić information content (AvgIpc) is 2.61. The van der Waals surface area contributed by atoms with E-state index in [0.29, 0.717) is 0 Å². The summed E-state index contributed by atoms with van der Waals surface area (Å²) in [5, 5.41) is 1.31. The van der Waals surface area contributed by atoms with Crippen molar-refractivity contribution in [3.63, 3.8) is 0 Å². The Hall–Kier alpha value is -1.28. The Morgan fingerprint density at radius 2 is 2.13 bits per heavy atom. The lowest BCUT2D eigenvalue weighted by molar-refractivity contribution is 0.140. The molecule has 0 N–H and O–H groups in total. The van der Waals surface area contributed by atoms with Gasteiger partial charge < -0.3 is 9.30 Å². The van der Waals surface area contributed by atoms with E-state index in [-0.39, 0.29) is 0 Å². The quantitative estimate of drug-likeness (QED) is 0.697. The Labute approximate surface area is 90.5 Å². The van der Waals surface area contributed by atoms with Crippen molar-refractivity contribution in [2.24, 2.45) is 0 Å². The van der Waals surface area contributed by atoms with E-state index in [1.165, 1.54) is 16.5 Å². The van der Waals surface area contributed by atoms with Crippen molar-refractivity contribution in [3.05, 3.63) is 36.0 Å². The first-order valence-corrected chi connectivity index (χ1v) is 5.44. The molecule has 2 nitrogen and oxygen atoms in total. The average molecular weight is 203 g/mol. The fourth-order valence-corrected chi connectivity index (χ4v) is 1.82. The second-order valence-corrected chi connectivity index (χ2v) is 3.77. The summed E-state index contributed by atoms with van der Waals surface area (Å²) < 4.78 is 7.60. The molecule has 0 bridgehead atoms. The first-order valence-electron chi connectivity index (χ1n) is 5.44. The second-order valence-electron chi connectivity index (χ2n) is 3.77. The standard InChI is InChI=1S/C13H17NO/c1-3-15-9-8-14-7-6-12-10-11(2)4-5-13(12)14/h4-7,10H,3,8-9H2,1-2H3. The van der Waals surface area contributed by atoms with Crippen molar-refractivity contribution in [1.29, 1.82) is 0 Å². The van der Waals surface area contributed by atoms with Gasteiger partial charge in [-0.25, -0.2) is 0 Å². The van der Waals surface area contributed by atoms with E-state index in [1.807, 2.05) is 6.92 Å². The molecule has 80 valence electrons. The second kappa shape index (κ2) is 4.49. The van der Waals surface area contributed by atoms with Crippen LogP contribution in [0.5, 0.6) is 0 Å². The molecule has 0 saturated carbocycles. The SMILES string of the molecule is CCOCCn1ccc2cc(C)ccc21. The number of ether oxygens (including phenoxy) is 1. The van der Waals surface area contributed by atoms with Crippen molar-refractivity contribution < 1.29 is 4.74 Å². The van der Waals surface area contributed by atoms with E-state index in [0.717, 1.165) is 19.8 Å². The van der Waals surface area contributed by atoms with Gasteiger partial charge in [-0.3, -0.25) is 0 Å². The third-order valence-electron chi connectivity index (χ3n) is 2.61. The maximum absolute atomic E-state index is 5.36. The van der Waals surface area contributed by atoms with Crippen LogP contribution >= 0.6 is 0 Å². The predicted molar refractivity (Wildman–Crippen MR) is 63.2 cm³/mol. The van der Waals surface area contributed by atoms with E-state index in [9.17, 15) is 0 Å². The molecule has 0 radical (unpaired) electrons. The van der Waals surface area contributed by atoms with Crippen molar-refractivity contribution >= 4 is 10.9 Å². The van der Waals surface area contributed by atoms with Gasteiger partial charge in [0.05, 0.1) is 6.61 Å². The van der Waals surface area contributed by atoms with Gasteiger partial charge in [-0.1, -0.05) is 11.6 Å². The van der Waals surface area contributed by atoms with E-state index in [4.69, 9.17) is 4.74 Å². The van der Waals surface area contributed by atoms with E-state index >= 15 is 0 Å². The van der Waals surface area contributed by atoms with Gasteiger partial charge >= 0.3 is 0 Å². The summed E-state index contributed by atoms with van der Waals surface area (Å²) in [6, 6.07) is 8.71. The van der Waals surface area contributed by atoms with Crippen molar-refractivity contribution in [3.8, 4) is 0 Å². The van der Waals surface area contributed by atoms with Crippen molar-refractivity contribution in [1.82, 2.24) is 4.57 Å². The van der Waals surface area contributed by atoms with Gasteiger partial charge in [0.1, 0.15) is 0 Å². The molecular weight excluding hydrogens is 186 g/mol. The van der Waals surface area contributed by atoms with Gasteiger partial charge in [0.2, 0.25) is 0 Å². The third-order valence-corrected chi connectivity index (χ3v) is 2.61. The highest BCUT2D eigenvalue weighted by molar-refractivity contribution is 5.80. The fraction of sp³-hybridized carbons (Fsp3) is 0.385. The number of fused-ring (bicyclic) bond motifs is 1. The van der Waals surface area contributed by atoms with Gasteiger partial charge in [-0.15, -0.1) is 0 Å². The topological polar surface area (TPSA) is 14.2 Å². The summed E-state index contributed by atoms with van der Waals surface area (Å²) in [6.07, 6.45) is 2.13. The first kappa shape index (κ1) is 10.2. The number of benzene rings is 1. The van der Waals surface area contributed by atoms with Crippen LogP contribution in [0.3, 0.4) is 0 Å². The Bertz CT molecular complexity index is 445. The number of aryl methyl sites for hydroxylation is 1. The highest BCUT2D eigenvalue weighted by atomic mass is 16.5. The molecule has 1 heterocycles. The third kappa shape index (κ3) is 2.21. The molecule has 0 amide bonds. The summed E-state index contributed by atoms with van der Waals surface area (Å²) in [4.78, 5) is 0. The van der Waals surface area contributed by atoms with Crippen LogP contribution in [-0.4, -0.2) is 17.8 Å². The highest BCUT2D eigenvalue weighted by Gasteiger charge is 2.00. The van der Waals surface area contributed by atoms with Gasteiger partial charge in [-0.2, -0.15) is 0 Å². The minimum atomic E-state index is 0.786. The smallest absolute Gasteiger partial charge is 0.0645 e. The van der Waals surface area contributed by atoms with E-state index in [1.54, 1.807) is 0 Å². The fourth-order valence-electron chi connectivity index (χ4n) is 1.82. The zero-order chi connectivity index (χ0) is 10.7. The van der Waals surface area contributed by atoms with Gasteiger partial charge in [0.25, 0.3) is 0 Å². The van der Waals surface area contributed by atoms with E-state index in [2.05, 4.69) is 42.0 Å². The molecule has 0 aliphatic heterocycles. The molecule has 0 fully saturated rings. The lowest BCUT2D eigenvalue weighted by Gasteiger charge is -2.05. The Kier molecular flexibility index (Phi) is 3.07. The van der Waals surface area contributed by atoms with E-state index < -0.39 is 0 Å². The molecule has 2 heteroatoms. The van der Waals surface area contributed by atoms with Crippen LogP contribution in [0.2, 0.25) is 0 Å². The lowest BCUT2D eigenvalue weighted by Crippen LogP contribution is -2.04. The molecule has 0 aliphatic rings. The van der Waals surface area contributed by atoms with Crippen LogP contribution in [0.4, 0.5) is 0 Å². The Balaban J connectivity index is 2.21. The predicted octanol–water partition coefficient (Wildman–Crippen LogP) is 2.99. The number of hydrogen-bond donors (Lipinski definition) is 0. The maximum atomic E-state index is 5.36. The minimum absolute atomic E-state index is 0.786. The maximum Gasteiger partial charge on any atom is 0.0645 e. The molecule has 15 heavy (non-hydrogen) atoms. The highest BCUT2D eigenvalue weighted by Crippen LogP contribution is 2.17. The summed E-state index contributed by atoms with van der Waals surface area (Å²) in [6.45, 7) is 6.65. The molecule has 0 spiro atoms. The first-order chi connectivity index (χ1) is 7.31. The monoisotopic (exact) mass is 203 g/mol. The molecule has 1 aromatic heterocycles. The van der Waals surface area contributed by atoms with Crippen LogP contribution < -0.4 is 0 Å². The number of rotatable bonds is 4. The van der Waals surface area contributed by atoms with Crippen molar-refractivity contribution in [2.45, 2.75) is 20.4 Å². The minimum Gasteiger partial charge on any atom is -0.380 e. The summed E-state index contributed by atoms with van der Waals surface area (Å²) >= 11 is 0. The molecular formula is C13H17NO. The molecule has 0 aliphatic carbocycles. The van der Waals surface area contributed by atoms with Gasteiger partial charge in [0.15, 0.2) is 0 Å². The largest absolute Gasteiger partial charge is 0.380 e. The molecule has 1 aromatic carbocycles. The van der Waals surface area contributed by atoms with Crippen LogP contribution in [0.25, 0.3) is 10.9 Å². The zero-order valence-electron chi connectivity index (χ0n) is 9.36. The Morgan fingerprint density at radius 3 is 2.93 bits per heavy atom. The number of aromatic nitrogens is 1. The molecule has 2 rings (SSSR count). The summed E-state index contributed by atoms with van der Waals surface area (Å²) in [5.41, 5.74) is 2.60. The molecule has 0 unspecified atom stereocenters. The summed E-state index contributed by atoms with van der Waals surface area (Å²) in [7, 11) is 0. The zero-order valence-corrected chi connectivity index (χ0v) is 9.36. The normalized spacial score (nSPS) is 11.1. The molecule has 0 saturated heterocycles. The van der Waals surface area contributed by atoms with Crippen LogP contribution in [0, 0.1) is 6.92 Å². The number of hydrogen-bond acceptors (Lipinski definition) is 1. The van der Waals surface area contributed by atoms with Crippen LogP contribution in [-0.2, 0) is 11.3 Å². The van der Waals surface area contributed by atoms with Gasteiger partial charge in [0, 0.05) is 24.9 Å². The van der Waals surface area contributed by atoms with Crippen LogP contribution in [0.1, 0.15) is 12.5 Å². The van der Waals surface area contributed by atoms with Gasteiger partial charge in [-0.05, 0) is 37.4 Å². The van der Waals surface area contributed by atoms with Crippen LogP contribution in [0.15, 0.2) is 30.5 Å². The number of nitrogens with zero attached hydrogens (tertiary/aromatic N) is 1.